The first-order chi connectivity index (χ1) is 9.65. The van der Waals surface area contributed by atoms with Crippen LogP contribution in [0.1, 0.15) is 36.6 Å². The Hall–Kier alpha value is -1.46. The van der Waals surface area contributed by atoms with Crippen LogP contribution < -0.4 is 5.32 Å². The van der Waals surface area contributed by atoms with Gasteiger partial charge in [0.1, 0.15) is 17.5 Å². The van der Waals surface area contributed by atoms with E-state index in [0.29, 0.717) is 11.6 Å². The van der Waals surface area contributed by atoms with Gasteiger partial charge in [-0.2, -0.15) is 0 Å². The largest absolute Gasteiger partial charge is 0.314 e. The first-order valence-electron chi connectivity index (χ1n) is 6.74. The summed E-state index contributed by atoms with van der Waals surface area (Å²) in [5.41, 5.74) is 0.876. The van der Waals surface area contributed by atoms with Crippen molar-refractivity contribution in [1.29, 1.82) is 0 Å². The van der Waals surface area contributed by atoms with E-state index in [0.717, 1.165) is 36.6 Å². The van der Waals surface area contributed by atoms with Crippen LogP contribution in [0.5, 0.6) is 0 Å². The van der Waals surface area contributed by atoms with Gasteiger partial charge in [0.25, 0.3) is 0 Å². The number of hydrogen-bond donors (Lipinski definition) is 1. The third-order valence-corrected chi connectivity index (χ3v) is 3.99. The van der Waals surface area contributed by atoms with Crippen molar-refractivity contribution in [2.24, 2.45) is 0 Å². The van der Waals surface area contributed by atoms with Crippen LogP contribution in [-0.2, 0) is 19.5 Å². The number of aryl methyl sites for hydroxylation is 1. The highest BCUT2D eigenvalue weighted by molar-refractivity contribution is 6.31. The van der Waals surface area contributed by atoms with Crippen molar-refractivity contribution in [2.45, 2.75) is 38.9 Å². The Morgan fingerprint density at radius 2 is 2.30 bits per heavy atom. The summed E-state index contributed by atoms with van der Waals surface area (Å²) in [7, 11) is 0. The molecule has 4 nitrogen and oxygen atoms in total. The highest BCUT2D eigenvalue weighted by Gasteiger charge is 2.21. The van der Waals surface area contributed by atoms with Gasteiger partial charge in [-0.3, -0.25) is 0 Å². The smallest absolute Gasteiger partial charge is 0.149 e. The maximum atomic E-state index is 13.0. The molecule has 0 spiro atoms. The second kappa shape index (κ2) is 5.50. The minimum atomic E-state index is -0.318. The van der Waals surface area contributed by atoms with Crippen molar-refractivity contribution >= 4 is 11.6 Å². The zero-order valence-electron chi connectivity index (χ0n) is 11.2. The number of nitrogens with zero attached hydrogens (tertiary/aromatic N) is 3. The van der Waals surface area contributed by atoms with E-state index in [-0.39, 0.29) is 11.9 Å². The molecule has 1 aliphatic heterocycles. The Morgan fingerprint density at radius 3 is 3.10 bits per heavy atom. The zero-order valence-corrected chi connectivity index (χ0v) is 12.0. The topological polar surface area (TPSA) is 42.7 Å². The summed E-state index contributed by atoms with van der Waals surface area (Å²) >= 11 is 6.02. The molecule has 0 saturated carbocycles. The summed E-state index contributed by atoms with van der Waals surface area (Å²) in [6.07, 6.45) is 2.14. The highest BCUT2D eigenvalue weighted by atomic mass is 35.5. The van der Waals surface area contributed by atoms with Crippen molar-refractivity contribution in [3.63, 3.8) is 0 Å². The summed E-state index contributed by atoms with van der Waals surface area (Å²) < 4.78 is 15.2. The summed E-state index contributed by atoms with van der Waals surface area (Å²) in [6.45, 7) is 3.61. The number of aromatic nitrogens is 3. The molecule has 2 aromatic rings. The molecule has 0 saturated heterocycles. The lowest BCUT2D eigenvalue weighted by Gasteiger charge is -2.14. The predicted molar refractivity (Wildman–Crippen MR) is 75.0 cm³/mol. The van der Waals surface area contributed by atoms with Gasteiger partial charge in [0.2, 0.25) is 0 Å². The molecule has 1 aliphatic rings. The molecule has 0 radical (unpaired) electrons. The molecule has 0 aliphatic carbocycles. The first-order valence-corrected chi connectivity index (χ1v) is 7.12. The fourth-order valence-electron chi connectivity index (χ4n) is 2.51. The lowest BCUT2D eigenvalue weighted by atomic mass is 10.2. The quantitative estimate of drug-likeness (QED) is 0.943. The fourth-order valence-corrected chi connectivity index (χ4v) is 2.75. The number of hydrogen-bond acceptors (Lipinski definition) is 3. The Balaban J connectivity index is 1.68. The van der Waals surface area contributed by atoms with Crippen LogP contribution in [0.25, 0.3) is 0 Å². The Labute approximate surface area is 122 Å². The molecule has 0 bridgehead atoms. The van der Waals surface area contributed by atoms with Crippen LogP contribution in [0.15, 0.2) is 18.2 Å². The van der Waals surface area contributed by atoms with E-state index in [1.165, 1.54) is 12.1 Å². The molecule has 20 heavy (non-hydrogen) atoms. The second-order valence-electron chi connectivity index (χ2n) is 5.07. The minimum absolute atomic E-state index is 0.0791. The van der Waals surface area contributed by atoms with E-state index >= 15 is 0 Å². The van der Waals surface area contributed by atoms with E-state index in [1.807, 2.05) is 6.92 Å². The van der Waals surface area contributed by atoms with E-state index in [4.69, 9.17) is 11.6 Å². The number of rotatable bonds is 4. The molecule has 1 N–H and O–H groups in total. The van der Waals surface area contributed by atoms with Crippen LogP contribution >= 0.6 is 11.6 Å². The molecule has 1 unspecified atom stereocenters. The molecule has 1 aromatic carbocycles. The van der Waals surface area contributed by atoms with Gasteiger partial charge in [0.05, 0.1) is 6.04 Å². The average molecular weight is 295 g/mol. The van der Waals surface area contributed by atoms with E-state index in [1.54, 1.807) is 6.07 Å². The molecule has 0 fully saturated rings. The number of nitrogens with one attached hydrogen (secondary N) is 1. The van der Waals surface area contributed by atoms with Gasteiger partial charge in [0, 0.05) is 24.5 Å². The molecule has 106 valence electrons. The average Bonchev–Trinajstić information content (AvgIpc) is 2.99. The van der Waals surface area contributed by atoms with Gasteiger partial charge in [-0.05, 0) is 31.0 Å². The predicted octanol–water partition coefficient (Wildman–Crippen LogP) is 2.87. The number of benzene rings is 1. The summed E-state index contributed by atoms with van der Waals surface area (Å²) in [5.74, 6) is 1.70. The van der Waals surface area contributed by atoms with Crippen molar-refractivity contribution in [2.75, 3.05) is 0 Å². The van der Waals surface area contributed by atoms with Gasteiger partial charge >= 0.3 is 0 Å². The third-order valence-electron chi connectivity index (χ3n) is 3.64. The highest BCUT2D eigenvalue weighted by Crippen LogP contribution is 2.21. The standard InChI is InChI=1S/C14H16ClFN4/c1-9(14-19-18-13-3-2-6-20(13)14)17-8-10-4-5-11(16)7-12(10)15/h4-5,7,9,17H,2-3,6,8H2,1H3. The normalized spacial score (nSPS) is 15.3. The molecular weight excluding hydrogens is 279 g/mol. The lowest BCUT2D eigenvalue weighted by molar-refractivity contribution is 0.515. The van der Waals surface area contributed by atoms with Gasteiger partial charge in [0.15, 0.2) is 0 Å². The minimum Gasteiger partial charge on any atom is -0.314 e. The Morgan fingerprint density at radius 1 is 1.45 bits per heavy atom. The van der Waals surface area contributed by atoms with Crippen molar-refractivity contribution in [3.8, 4) is 0 Å². The van der Waals surface area contributed by atoms with Crippen LogP contribution in [0, 0.1) is 5.82 Å². The maximum Gasteiger partial charge on any atom is 0.149 e. The lowest BCUT2D eigenvalue weighted by Crippen LogP contribution is -2.21. The number of fused-ring (bicyclic) bond motifs is 1. The molecule has 1 aromatic heterocycles. The molecule has 3 rings (SSSR count). The third kappa shape index (κ3) is 2.55. The Kier molecular flexibility index (Phi) is 3.72. The van der Waals surface area contributed by atoms with Gasteiger partial charge < -0.3 is 9.88 Å². The summed E-state index contributed by atoms with van der Waals surface area (Å²) in [4.78, 5) is 0. The van der Waals surface area contributed by atoms with E-state index in [2.05, 4.69) is 20.1 Å². The van der Waals surface area contributed by atoms with E-state index < -0.39 is 0 Å². The SMILES string of the molecule is CC(NCc1ccc(F)cc1Cl)c1nnc2n1CCC2. The molecule has 6 heteroatoms. The molecular formula is C14H16ClFN4. The number of halogens is 2. The van der Waals surface area contributed by atoms with Crippen LogP contribution in [0.4, 0.5) is 4.39 Å². The first kappa shape index (κ1) is 13.5. The van der Waals surface area contributed by atoms with Gasteiger partial charge in [-0.1, -0.05) is 17.7 Å². The Bertz CT molecular complexity index is 626. The van der Waals surface area contributed by atoms with Crippen LogP contribution in [-0.4, -0.2) is 14.8 Å². The monoisotopic (exact) mass is 294 g/mol. The molecule has 2 heterocycles. The van der Waals surface area contributed by atoms with Crippen molar-refractivity contribution < 1.29 is 4.39 Å². The van der Waals surface area contributed by atoms with Crippen molar-refractivity contribution in [1.82, 2.24) is 20.1 Å². The van der Waals surface area contributed by atoms with Crippen LogP contribution in [0.2, 0.25) is 5.02 Å². The van der Waals surface area contributed by atoms with Gasteiger partial charge in [-0.25, -0.2) is 4.39 Å². The fraction of sp³-hybridized carbons (Fsp3) is 0.429. The van der Waals surface area contributed by atoms with Crippen molar-refractivity contribution in [3.05, 3.63) is 46.3 Å². The summed E-state index contributed by atoms with van der Waals surface area (Å²) in [6, 6.07) is 4.53. The molecule has 0 amide bonds. The zero-order chi connectivity index (χ0) is 14.1. The maximum absolute atomic E-state index is 13.0. The van der Waals surface area contributed by atoms with Crippen LogP contribution in [0.3, 0.4) is 0 Å². The van der Waals surface area contributed by atoms with E-state index in [9.17, 15) is 4.39 Å². The van der Waals surface area contributed by atoms with Gasteiger partial charge in [-0.15, -0.1) is 10.2 Å². The summed E-state index contributed by atoms with van der Waals surface area (Å²) in [5, 5.41) is 12.2. The molecule has 1 atom stereocenters. The second-order valence-corrected chi connectivity index (χ2v) is 5.48.